The molecule has 0 unspecified atom stereocenters. The van der Waals surface area contributed by atoms with Crippen LogP contribution >= 0.6 is 23.4 Å². The van der Waals surface area contributed by atoms with Crippen molar-refractivity contribution in [2.75, 3.05) is 12.0 Å². The summed E-state index contributed by atoms with van der Waals surface area (Å²) in [5.74, 6) is 1.31. The van der Waals surface area contributed by atoms with E-state index >= 15 is 0 Å². The van der Waals surface area contributed by atoms with Crippen LogP contribution in [0, 0.1) is 12.3 Å². The molecule has 0 saturated carbocycles. The zero-order valence-electron chi connectivity index (χ0n) is 9.31. The zero-order valence-corrected chi connectivity index (χ0v) is 11.7. The van der Waals surface area contributed by atoms with Gasteiger partial charge in [-0.05, 0) is 12.1 Å². The van der Waals surface area contributed by atoms with Crippen molar-refractivity contribution in [2.24, 2.45) is 0 Å². The van der Waals surface area contributed by atoms with Crippen molar-refractivity contribution in [3.8, 4) is 12.3 Å². The summed E-state index contributed by atoms with van der Waals surface area (Å²) in [6.07, 6.45) is 6.13. The van der Waals surface area contributed by atoms with Gasteiger partial charge in [0.25, 0.3) is 0 Å². The third kappa shape index (κ3) is 3.19. The van der Waals surface area contributed by atoms with Crippen LogP contribution in [0.5, 0.6) is 0 Å². The molecule has 0 aliphatic heterocycles. The molecule has 0 fully saturated rings. The van der Waals surface area contributed by atoms with Crippen molar-refractivity contribution >= 4 is 39.2 Å². The smallest absolute Gasteiger partial charge is 0.337 e. The Morgan fingerprint density at radius 1 is 1.56 bits per heavy atom. The van der Waals surface area contributed by atoms with Gasteiger partial charge in [-0.15, -0.1) is 18.2 Å². The molecular formula is C11H9ClO4S2. The van der Waals surface area contributed by atoms with Crippen LogP contribution in [0.25, 0.3) is 0 Å². The second-order valence-electron chi connectivity index (χ2n) is 3.32. The summed E-state index contributed by atoms with van der Waals surface area (Å²) in [5, 5.41) is 8.82. The molecule has 1 N–H and O–H groups in total. The van der Waals surface area contributed by atoms with Crippen molar-refractivity contribution < 1.29 is 18.3 Å². The lowest BCUT2D eigenvalue weighted by Crippen LogP contribution is -2.04. The molecule has 1 aromatic rings. The van der Waals surface area contributed by atoms with E-state index in [9.17, 15) is 13.2 Å². The summed E-state index contributed by atoms with van der Waals surface area (Å²) in [6, 6.07) is 2.39. The number of carboxylic acid groups (broad SMARTS) is 1. The fourth-order valence-electron chi connectivity index (χ4n) is 1.24. The third-order valence-corrected chi connectivity index (χ3v) is 4.79. The lowest BCUT2D eigenvalue weighted by atomic mass is 10.2. The first-order valence-electron chi connectivity index (χ1n) is 4.61. The topological polar surface area (TPSA) is 71.4 Å². The maximum atomic E-state index is 11.6. The Hall–Kier alpha value is -1.16. The average Bonchev–Trinajstić information content (AvgIpc) is 2.25. The number of rotatable bonds is 4. The minimum Gasteiger partial charge on any atom is -0.478 e. The molecule has 0 radical (unpaired) electrons. The van der Waals surface area contributed by atoms with Gasteiger partial charge in [0.1, 0.15) is 0 Å². The Balaban J connectivity index is 3.52. The SMILES string of the molecule is C#CCSc1c(S(C)(=O)=O)ccc(C(=O)O)c1Cl. The van der Waals surface area contributed by atoms with Gasteiger partial charge in [-0.25, -0.2) is 13.2 Å². The van der Waals surface area contributed by atoms with Gasteiger partial charge in [0.05, 0.1) is 21.2 Å². The molecule has 18 heavy (non-hydrogen) atoms. The molecule has 0 aliphatic rings. The number of terminal acetylenes is 1. The van der Waals surface area contributed by atoms with Crippen molar-refractivity contribution in [1.29, 1.82) is 0 Å². The van der Waals surface area contributed by atoms with Crippen LogP contribution in [-0.4, -0.2) is 31.5 Å². The first-order valence-corrected chi connectivity index (χ1v) is 7.86. The van der Waals surface area contributed by atoms with Gasteiger partial charge in [0, 0.05) is 11.2 Å². The lowest BCUT2D eigenvalue weighted by Gasteiger charge is -2.10. The minimum atomic E-state index is -3.50. The first kappa shape index (κ1) is 14.9. The largest absolute Gasteiger partial charge is 0.478 e. The number of aromatic carboxylic acids is 1. The molecule has 1 aromatic carbocycles. The van der Waals surface area contributed by atoms with Crippen LogP contribution in [-0.2, 0) is 9.84 Å². The van der Waals surface area contributed by atoms with Crippen molar-refractivity contribution in [1.82, 2.24) is 0 Å². The van der Waals surface area contributed by atoms with Crippen molar-refractivity contribution in [3.05, 3.63) is 22.7 Å². The number of halogens is 1. The lowest BCUT2D eigenvalue weighted by molar-refractivity contribution is 0.0696. The van der Waals surface area contributed by atoms with Crippen molar-refractivity contribution in [3.63, 3.8) is 0 Å². The monoisotopic (exact) mass is 304 g/mol. The molecule has 7 heteroatoms. The number of carbonyl (C=O) groups is 1. The van der Waals surface area contributed by atoms with E-state index in [0.29, 0.717) is 0 Å². The first-order chi connectivity index (χ1) is 8.29. The Morgan fingerprint density at radius 3 is 2.61 bits per heavy atom. The van der Waals surface area contributed by atoms with Crippen LogP contribution in [0.2, 0.25) is 5.02 Å². The maximum Gasteiger partial charge on any atom is 0.337 e. The Kier molecular flexibility index (Phi) is 4.68. The highest BCUT2D eigenvalue weighted by Gasteiger charge is 2.21. The van der Waals surface area contributed by atoms with Crippen LogP contribution in [0.15, 0.2) is 21.9 Å². The van der Waals surface area contributed by atoms with E-state index < -0.39 is 15.8 Å². The average molecular weight is 305 g/mol. The van der Waals surface area contributed by atoms with Gasteiger partial charge in [-0.2, -0.15) is 0 Å². The molecule has 0 spiro atoms. The summed E-state index contributed by atoms with van der Waals surface area (Å²) in [5.41, 5.74) is -0.149. The highest BCUT2D eigenvalue weighted by Crippen LogP contribution is 2.35. The highest BCUT2D eigenvalue weighted by atomic mass is 35.5. The highest BCUT2D eigenvalue weighted by molar-refractivity contribution is 8.00. The molecule has 0 heterocycles. The van der Waals surface area contributed by atoms with Crippen LogP contribution in [0.4, 0.5) is 0 Å². The van der Waals surface area contributed by atoms with Crippen LogP contribution < -0.4 is 0 Å². The summed E-state index contributed by atoms with van der Waals surface area (Å²) in [4.78, 5) is 11.1. The standard InChI is InChI=1S/C11H9ClO4S2/c1-3-6-17-10-8(18(2,15)16)5-4-7(9(10)12)11(13)14/h1,4-5H,6H2,2H3,(H,13,14). The number of sulfone groups is 1. The van der Waals surface area contributed by atoms with E-state index in [2.05, 4.69) is 5.92 Å². The summed E-state index contributed by atoms with van der Waals surface area (Å²) in [6.45, 7) is 0. The Labute approximate surface area is 114 Å². The van der Waals surface area contributed by atoms with Gasteiger partial charge in [-0.3, -0.25) is 0 Å². The second kappa shape index (κ2) is 5.65. The van der Waals surface area contributed by atoms with Crippen LogP contribution in [0.3, 0.4) is 0 Å². The molecule has 0 bridgehead atoms. The maximum absolute atomic E-state index is 11.6. The predicted molar refractivity (Wildman–Crippen MR) is 71.1 cm³/mol. The Bertz CT molecular complexity index is 629. The van der Waals surface area contributed by atoms with Crippen molar-refractivity contribution in [2.45, 2.75) is 9.79 Å². The molecule has 0 amide bonds. The number of carboxylic acids is 1. The van der Waals surface area contributed by atoms with E-state index in [1.54, 1.807) is 0 Å². The zero-order chi connectivity index (χ0) is 13.9. The summed E-state index contributed by atoms with van der Waals surface area (Å²) in [7, 11) is -3.50. The number of benzene rings is 1. The molecule has 96 valence electrons. The molecule has 0 aromatic heterocycles. The summed E-state index contributed by atoms with van der Waals surface area (Å²) < 4.78 is 23.2. The minimum absolute atomic E-state index is 0.0160. The number of thioether (sulfide) groups is 1. The van der Waals surface area contributed by atoms with Gasteiger partial charge < -0.3 is 5.11 Å². The normalized spacial score (nSPS) is 10.9. The fourth-order valence-corrected chi connectivity index (χ4v) is 3.77. The van der Waals surface area contributed by atoms with Gasteiger partial charge in [0.2, 0.25) is 0 Å². The molecule has 0 atom stereocenters. The quantitative estimate of drug-likeness (QED) is 0.682. The van der Waals surface area contributed by atoms with E-state index in [1.165, 1.54) is 12.1 Å². The predicted octanol–water partition coefficient (Wildman–Crippen LogP) is 2.17. The molecule has 4 nitrogen and oxygen atoms in total. The second-order valence-corrected chi connectivity index (χ2v) is 6.67. The van der Waals surface area contributed by atoms with Crippen LogP contribution in [0.1, 0.15) is 10.4 Å². The van der Waals surface area contributed by atoms with E-state index in [0.717, 1.165) is 18.0 Å². The molecule has 0 aliphatic carbocycles. The van der Waals surface area contributed by atoms with Gasteiger partial charge >= 0.3 is 5.97 Å². The fraction of sp³-hybridized carbons (Fsp3) is 0.182. The molecule has 0 saturated heterocycles. The summed E-state index contributed by atoms with van der Waals surface area (Å²) >= 11 is 6.94. The van der Waals surface area contributed by atoms with Gasteiger partial charge in [0.15, 0.2) is 9.84 Å². The molecular weight excluding hydrogens is 296 g/mol. The number of hydrogen-bond acceptors (Lipinski definition) is 4. The van der Waals surface area contributed by atoms with E-state index in [4.69, 9.17) is 23.1 Å². The third-order valence-electron chi connectivity index (χ3n) is 1.99. The molecule has 1 rings (SSSR count). The number of hydrogen-bond donors (Lipinski definition) is 1. The Morgan fingerprint density at radius 2 is 2.17 bits per heavy atom. The van der Waals surface area contributed by atoms with E-state index in [-0.39, 0.29) is 26.1 Å². The van der Waals surface area contributed by atoms with E-state index in [1.807, 2.05) is 0 Å². The van der Waals surface area contributed by atoms with Gasteiger partial charge in [-0.1, -0.05) is 17.5 Å².